The van der Waals surface area contributed by atoms with Gasteiger partial charge in [-0.3, -0.25) is 10.1 Å². The summed E-state index contributed by atoms with van der Waals surface area (Å²) in [6, 6.07) is 6.42. The molecule has 0 saturated carbocycles. The molecule has 120 valence electrons. The third-order valence-corrected chi connectivity index (χ3v) is 2.57. The Morgan fingerprint density at radius 2 is 1.82 bits per heavy atom. The van der Waals surface area contributed by atoms with E-state index in [2.05, 4.69) is 4.74 Å². The number of esters is 1. The van der Waals surface area contributed by atoms with Crippen molar-refractivity contribution in [3.8, 4) is 5.75 Å². The molecule has 2 amide bonds. The molecule has 0 heterocycles. The van der Waals surface area contributed by atoms with Gasteiger partial charge < -0.3 is 14.2 Å². The highest BCUT2D eigenvalue weighted by atomic mass is 35.5. The maximum absolute atomic E-state index is 11.7. The molecule has 0 radical (unpaired) electrons. The molecular weight excluding hydrogens is 314 g/mol. The molecule has 0 aliphatic rings. The fraction of sp³-hybridized carbons (Fsp3) is 0.357. The highest BCUT2D eigenvalue weighted by Gasteiger charge is 2.18. The maximum atomic E-state index is 11.7. The molecule has 1 rings (SSSR count). The normalized spacial score (nSPS) is 11.2. The van der Waals surface area contributed by atoms with Crippen molar-refractivity contribution in [2.24, 2.45) is 0 Å². The van der Waals surface area contributed by atoms with Gasteiger partial charge in [-0.1, -0.05) is 11.6 Å². The highest BCUT2D eigenvalue weighted by molar-refractivity contribution is 6.30. The third-order valence-electron chi connectivity index (χ3n) is 2.32. The maximum Gasteiger partial charge on any atom is 0.413 e. The Morgan fingerprint density at radius 3 is 2.41 bits per heavy atom. The Bertz CT molecular complexity index is 531. The smallest absolute Gasteiger partial charge is 0.413 e. The molecule has 0 saturated heterocycles. The van der Waals surface area contributed by atoms with Gasteiger partial charge in [0, 0.05) is 5.02 Å². The number of benzene rings is 1. The molecule has 0 aliphatic carbocycles. The average Bonchev–Trinajstić information content (AvgIpc) is 2.47. The van der Waals surface area contributed by atoms with Crippen LogP contribution < -0.4 is 10.1 Å². The molecule has 8 heteroatoms. The number of hydrogen-bond donors (Lipinski definition) is 1. The molecule has 0 unspecified atom stereocenters. The second-order valence-corrected chi connectivity index (χ2v) is 4.53. The van der Waals surface area contributed by atoms with Crippen LogP contribution in [0.4, 0.5) is 4.79 Å². The van der Waals surface area contributed by atoms with Crippen LogP contribution >= 0.6 is 11.6 Å². The van der Waals surface area contributed by atoms with Gasteiger partial charge >= 0.3 is 12.1 Å². The van der Waals surface area contributed by atoms with Crippen molar-refractivity contribution in [3.05, 3.63) is 29.3 Å². The van der Waals surface area contributed by atoms with Gasteiger partial charge in [0.2, 0.25) is 0 Å². The zero-order valence-electron chi connectivity index (χ0n) is 12.1. The van der Waals surface area contributed by atoms with Gasteiger partial charge in [-0.15, -0.1) is 0 Å². The minimum atomic E-state index is -0.920. The van der Waals surface area contributed by atoms with E-state index in [-0.39, 0.29) is 6.61 Å². The van der Waals surface area contributed by atoms with E-state index in [0.29, 0.717) is 10.8 Å². The standard InChI is InChI=1S/C14H16ClNO6/c1-3-20-14(19)16-12(17)8-21-13(18)9(2)22-11-6-4-10(15)5-7-11/h4-7,9H,3,8H2,1-2H3,(H,16,17,19)/t9-/m0/s1. The number of amides is 2. The zero-order valence-corrected chi connectivity index (χ0v) is 12.9. The summed E-state index contributed by atoms with van der Waals surface area (Å²) in [6.07, 6.45) is -1.81. The van der Waals surface area contributed by atoms with E-state index in [1.54, 1.807) is 31.2 Å². The van der Waals surface area contributed by atoms with Gasteiger partial charge in [-0.25, -0.2) is 9.59 Å². The molecule has 0 aliphatic heterocycles. The summed E-state index contributed by atoms with van der Waals surface area (Å²) in [7, 11) is 0. The average molecular weight is 330 g/mol. The Kier molecular flexibility index (Phi) is 7.18. The molecule has 22 heavy (non-hydrogen) atoms. The van der Waals surface area contributed by atoms with Gasteiger partial charge in [-0.05, 0) is 38.1 Å². The summed E-state index contributed by atoms with van der Waals surface area (Å²) < 4.78 is 14.6. The lowest BCUT2D eigenvalue weighted by Crippen LogP contribution is -2.36. The van der Waals surface area contributed by atoms with Crippen LogP contribution in [0.1, 0.15) is 13.8 Å². The lowest BCUT2D eigenvalue weighted by Gasteiger charge is -2.13. The first-order valence-electron chi connectivity index (χ1n) is 6.47. The van der Waals surface area contributed by atoms with Crippen molar-refractivity contribution >= 4 is 29.6 Å². The van der Waals surface area contributed by atoms with E-state index >= 15 is 0 Å². The summed E-state index contributed by atoms with van der Waals surface area (Å²) >= 11 is 5.73. The first-order chi connectivity index (χ1) is 10.4. The van der Waals surface area contributed by atoms with E-state index in [1.807, 2.05) is 5.32 Å². The summed E-state index contributed by atoms with van der Waals surface area (Å²) in [5.74, 6) is -1.09. The number of ether oxygens (including phenoxy) is 3. The summed E-state index contributed by atoms with van der Waals surface area (Å²) in [5.41, 5.74) is 0. The zero-order chi connectivity index (χ0) is 16.5. The van der Waals surface area contributed by atoms with Crippen LogP contribution in [0.5, 0.6) is 5.75 Å². The number of nitrogens with one attached hydrogen (secondary N) is 1. The van der Waals surface area contributed by atoms with Crippen molar-refractivity contribution in [3.63, 3.8) is 0 Å². The van der Waals surface area contributed by atoms with Gasteiger partial charge in [-0.2, -0.15) is 0 Å². The molecule has 0 bridgehead atoms. The Labute approximate surface area is 132 Å². The van der Waals surface area contributed by atoms with E-state index in [1.165, 1.54) is 6.92 Å². The Morgan fingerprint density at radius 1 is 1.18 bits per heavy atom. The summed E-state index contributed by atoms with van der Waals surface area (Å²) in [6.45, 7) is 2.59. The first kappa shape index (κ1) is 17.8. The second kappa shape index (κ2) is 8.89. The van der Waals surface area contributed by atoms with Crippen molar-refractivity contribution in [2.75, 3.05) is 13.2 Å². The lowest BCUT2D eigenvalue weighted by atomic mass is 10.3. The number of imide groups is 1. The molecule has 1 aromatic carbocycles. The van der Waals surface area contributed by atoms with E-state index in [4.69, 9.17) is 21.1 Å². The van der Waals surface area contributed by atoms with Crippen molar-refractivity contribution in [2.45, 2.75) is 20.0 Å². The number of alkyl carbamates (subject to hydrolysis) is 1. The minimum absolute atomic E-state index is 0.130. The number of carbonyl (C=O) groups is 3. The first-order valence-corrected chi connectivity index (χ1v) is 6.85. The number of rotatable bonds is 6. The van der Waals surface area contributed by atoms with Gasteiger partial charge in [0.1, 0.15) is 5.75 Å². The van der Waals surface area contributed by atoms with Crippen molar-refractivity contribution in [1.29, 1.82) is 0 Å². The monoisotopic (exact) mass is 329 g/mol. The molecule has 1 N–H and O–H groups in total. The van der Waals surface area contributed by atoms with Crippen LogP contribution in [-0.2, 0) is 19.1 Å². The second-order valence-electron chi connectivity index (χ2n) is 4.09. The van der Waals surface area contributed by atoms with E-state index in [0.717, 1.165) is 0 Å². The number of hydrogen-bond acceptors (Lipinski definition) is 6. The van der Waals surface area contributed by atoms with Crippen LogP contribution in [0.3, 0.4) is 0 Å². The van der Waals surface area contributed by atoms with Gasteiger partial charge in [0.25, 0.3) is 5.91 Å². The largest absolute Gasteiger partial charge is 0.479 e. The molecule has 1 atom stereocenters. The quantitative estimate of drug-likeness (QED) is 0.802. The molecular formula is C14H16ClNO6. The van der Waals surface area contributed by atoms with Crippen LogP contribution in [0, 0.1) is 0 Å². The van der Waals surface area contributed by atoms with E-state index in [9.17, 15) is 14.4 Å². The lowest BCUT2D eigenvalue weighted by molar-refractivity contribution is -0.154. The molecule has 0 spiro atoms. The Hall–Kier alpha value is -2.28. The summed E-state index contributed by atoms with van der Waals surface area (Å²) in [5, 5.41) is 2.44. The number of halogens is 1. The van der Waals surface area contributed by atoms with Crippen molar-refractivity contribution < 1.29 is 28.6 Å². The fourth-order valence-corrected chi connectivity index (χ4v) is 1.46. The van der Waals surface area contributed by atoms with Gasteiger partial charge in [0.05, 0.1) is 6.61 Å². The van der Waals surface area contributed by atoms with Crippen LogP contribution in [-0.4, -0.2) is 37.3 Å². The van der Waals surface area contributed by atoms with Crippen LogP contribution in [0.25, 0.3) is 0 Å². The molecule has 0 fully saturated rings. The minimum Gasteiger partial charge on any atom is -0.479 e. The molecule has 1 aromatic rings. The SMILES string of the molecule is CCOC(=O)NC(=O)COC(=O)[C@H](C)Oc1ccc(Cl)cc1. The summed E-state index contributed by atoms with van der Waals surface area (Å²) in [4.78, 5) is 33.9. The molecule has 7 nitrogen and oxygen atoms in total. The van der Waals surface area contributed by atoms with Crippen molar-refractivity contribution in [1.82, 2.24) is 5.32 Å². The highest BCUT2D eigenvalue weighted by Crippen LogP contribution is 2.17. The Balaban J connectivity index is 2.36. The van der Waals surface area contributed by atoms with Crippen LogP contribution in [0.2, 0.25) is 5.02 Å². The predicted molar refractivity (Wildman–Crippen MR) is 77.7 cm³/mol. The molecule has 0 aromatic heterocycles. The fourth-order valence-electron chi connectivity index (χ4n) is 1.34. The predicted octanol–water partition coefficient (Wildman–Crippen LogP) is 1.92. The van der Waals surface area contributed by atoms with Gasteiger partial charge in [0.15, 0.2) is 12.7 Å². The van der Waals surface area contributed by atoms with E-state index < -0.39 is 30.7 Å². The number of carbonyl (C=O) groups excluding carboxylic acids is 3. The third kappa shape index (κ3) is 6.45. The topological polar surface area (TPSA) is 90.9 Å². The van der Waals surface area contributed by atoms with Crippen LogP contribution in [0.15, 0.2) is 24.3 Å².